The highest BCUT2D eigenvalue weighted by atomic mass is 32.1. The number of fused-ring (bicyclic) bond motifs is 1. The quantitative estimate of drug-likeness (QED) is 0.746. The van der Waals surface area contributed by atoms with Crippen LogP contribution in [-0.4, -0.2) is 14.5 Å². The molecule has 3 rings (SSSR count). The van der Waals surface area contributed by atoms with Gasteiger partial charge in [-0.3, -0.25) is 0 Å². The van der Waals surface area contributed by atoms with E-state index in [1.54, 1.807) is 0 Å². The molecule has 0 saturated carbocycles. The number of aryl methyl sites for hydroxylation is 3. The zero-order valence-corrected chi connectivity index (χ0v) is 13.9. The van der Waals surface area contributed by atoms with E-state index >= 15 is 0 Å². The lowest BCUT2D eigenvalue weighted by Crippen LogP contribution is -2.17. The third kappa shape index (κ3) is 2.50. The number of benzene rings is 2. The number of hydrogen-bond donors (Lipinski definition) is 1. The summed E-state index contributed by atoms with van der Waals surface area (Å²) in [7, 11) is 0. The predicted molar refractivity (Wildman–Crippen MR) is 96.2 cm³/mol. The summed E-state index contributed by atoms with van der Waals surface area (Å²) in [5.41, 5.74) is 12.7. The maximum atomic E-state index is 5.81. The number of rotatable bonds is 3. The smallest absolute Gasteiger partial charge is 0.141 e. The highest BCUT2D eigenvalue weighted by molar-refractivity contribution is 7.80. The summed E-state index contributed by atoms with van der Waals surface area (Å²) in [4.78, 5) is 5.31. The summed E-state index contributed by atoms with van der Waals surface area (Å²) in [6, 6.07) is 12.5. The Kier molecular flexibility index (Phi) is 3.71. The number of thiocarbonyl (C=S) groups is 1. The Bertz CT molecular complexity index is 877. The van der Waals surface area contributed by atoms with Gasteiger partial charge < -0.3 is 10.3 Å². The van der Waals surface area contributed by atoms with Gasteiger partial charge in [-0.1, -0.05) is 36.5 Å². The van der Waals surface area contributed by atoms with Crippen LogP contribution in [0.4, 0.5) is 0 Å². The molecule has 3 aromatic rings. The molecule has 112 valence electrons. The van der Waals surface area contributed by atoms with Crippen LogP contribution in [0.2, 0.25) is 0 Å². The second-order valence-corrected chi connectivity index (χ2v) is 6.25. The van der Waals surface area contributed by atoms with Gasteiger partial charge >= 0.3 is 0 Å². The Labute approximate surface area is 135 Å². The molecule has 1 heterocycles. The molecular formula is C18H19N3S. The lowest BCUT2D eigenvalue weighted by molar-refractivity contribution is 0.893. The number of nitrogens with zero attached hydrogens (tertiary/aromatic N) is 2. The fourth-order valence-corrected chi connectivity index (χ4v) is 2.85. The van der Waals surface area contributed by atoms with E-state index in [2.05, 4.69) is 49.6 Å². The molecule has 0 bridgehead atoms. The predicted octanol–water partition coefficient (Wildman–Crippen LogP) is 3.91. The van der Waals surface area contributed by atoms with Gasteiger partial charge in [0.1, 0.15) is 5.82 Å². The van der Waals surface area contributed by atoms with Crippen LogP contribution in [0.1, 0.15) is 16.7 Å². The van der Waals surface area contributed by atoms with Gasteiger partial charge in [0.2, 0.25) is 0 Å². The number of nitrogens with two attached hydrogens (primary N) is 1. The Morgan fingerprint density at radius 2 is 1.77 bits per heavy atom. The highest BCUT2D eigenvalue weighted by Crippen LogP contribution is 2.28. The molecule has 0 aliphatic carbocycles. The highest BCUT2D eigenvalue weighted by Gasteiger charge is 2.15. The summed E-state index contributed by atoms with van der Waals surface area (Å²) in [5.74, 6) is 0.922. The molecular weight excluding hydrogens is 290 g/mol. The normalized spacial score (nSPS) is 11.0. The van der Waals surface area contributed by atoms with E-state index in [1.807, 2.05) is 12.1 Å². The van der Waals surface area contributed by atoms with Crippen LogP contribution in [-0.2, 0) is 6.54 Å². The van der Waals surface area contributed by atoms with E-state index in [-0.39, 0.29) is 0 Å². The lowest BCUT2D eigenvalue weighted by atomic mass is 10.1. The SMILES string of the molecule is Cc1cc2nc(-c3ccccc3C)n(CC(N)=S)c2cc1C. The molecule has 0 radical (unpaired) electrons. The van der Waals surface area contributed by atoms with E-state index in [1.165, 1.54) is 16.7 Å². The maximum absolute atomic E-state index is 5.81. The molecule has 4 heteroatoms. The van der Waals surface area contributed by atoms with Crippen molar-refractivity contribution in [1.29, 1.82) is 0 Å². The van der Waals surface area contributed by atoms with Gasteiger partial charge in [-0.25, -0.2) is 4.98 Å². The maximum Gasteiger partial charge on any atom is 0.141 e. The van der Waals surface area contributed by atoms with E-state index in [4.69, 9.17) is 22.9 Å². The topological polar surface area (TPSA) is 43.8 Å². The third-order valence-electron chi connectivity index (χ3n) is 4.06. The second kappa shape index (κ2) is 5.54. The van der Waals surface area contributed by atoms with Crippen LogP contribution < -0.4 is 5.73 Å². The molecule has 0 fully saturated rings. The molecule has 0 unspecified atom stereocenters. The van der Waals surface area contributed by atoms with Crippen molar-refractivity contribution in [3.63, 3.8) is 0 Å². The molecule has 0 aliphatic heterocycles. The minimum Gasteiger partial charge on any atom is -0.392 e. The summed E-state index contributed by atoms with van der Waals surface area (Å²) in [6.45, 7) is 6.81. The molecule has 2 N–H and O–H groups in total. The summed E-state index contributed by atoms with van der Waals surface area (Å²) in [6.07, 6.45) is 0. The van der Waals surface area contributed by atoms with E-state index in [9.17, 15) is 0 Å². The van der Waals surface area contributed by atoms with Crippen molar-refractivity contribution in [2.45, 2.75) is 27.3 Å². The fourth-order valence-electron chi connectivity index (χ4n) is 2.73. The summed E-state index contributed by atoms with van der Waals surface area (Å²) < 4.78 is 2.12. The zero-order valence-electron chi connectivity index (χ0n) is 13.1. The van der Waals surface area contributed by atoms with Crippen molar-refractivity contribution in [3.05, 3.63) is 53.1 Å². The monoisotopic (exact) mass is 309 g/mol. The van der Waals surface area contributed by atoms with Gasteiger partial charge in [0.15, 0.2) is 0 Å². The van der Waals surface area contributed by atoms with Crippen LogP contribution in [0, 0.1) is 20.8 Å². The summed E-state index contributed by atoms with van der Waals surface area (Å²) in [5, 5.41) is 0. The lowest BCUT2D eigenvalue weighted by Gasteiger charge is -2.10. The van der Waals surface area contributed by atoms with E-state index < -0.39 is 0 Å². The Morgan fingerprint density at radius 3 is 2.45 bits per heavy atom. The van der Waals surface area contributed by atoms with Crippen molar-refractivity contribution in [3.8, 4) is 11.4 Å². The Morgan fingerprint density at radius 1 is 1.09 bits per heavy atom. The first kappa shape index (κ1) is 14.7. The number of imidazole rings is 1. The first-order valence-electron chi connectivity index (χ1n) is 7.29. The van der Waals surface area contributed by atoms with E-state index in [0.29, 0.717) is 11.5 Å². The molecule has 0 aliphatic rings. The largest absolute Gasteiger partial charge is 0.392 e. The van der Waals surface area contributed by atoms with Gasteiger partial charge in [0.05, 0.1) is 22.6 Å². The minimum absolute atomic E-state index is 0.465. The molecule has 22 heavy (non-hydrogen) atoms. The average molecular weight is 309 g/mol. The fraction of sp³-hybridized carbons (Fsp3) is 0.222. The van der Waals surface area contributed by atoms with Crippen molar-refractivity contribution in [2.24, 2.45) is 5.73 Å². The van der Waals surface area contributed by atoms with E-state index in [0.717, 1.165) is 22.4 Å². The van der Waals surface area contributed by atoms with Gasteiger partial charge in [-0.2, -0.15) is 0 Å². The number of aromatic nitrogens is 2. The van der Waals surface area contributed by atoms with Crippen molar-refractivity contribution in [2.75, 3.05) is 0 Å². The standard InChI is InChI=1S/C18H19N3S/c1-11-6-4-5-7-14(11)18-20-15-8-12(2)13(3)9-16(15)21(18)10-17(19)22/h4-9H,10H2,1-3H3,(H2,19,22). The molecule has 0 atom stereocenters. The minimum atomic E-state index is 0.465. The van der Waals surface area contributed by atoms with Gasteiger partial charge in [0.25, 0.3) is 0 Å². The van der Waals surface area contributed by atoms with Crippen LogP contribution >= 0.6 is 12.2 Å². The third-order valence-corrected chi connectivity index (χ3v) is 4.19. The van der Waals surface area contributed by atoms with Crippen LogP contribution in [0.15, 0.2) is 36.4 Å². The molecule has 2 aromatic carbocycles. The van der Waals surface area contributed by atoms with Crippen molar-refractivity contribution in [1.82, 2.24) is 9.55 Å². The van der Waals surface area contributed by atoms with Crippen molar-refractivity contribution < 1.29 is 0 Å². The molecule has 3 nitrogen and oxygen atoms in total. The number of hydrogen-bond acceptors (Lipinski definition) is 2. The van der Waals surface area contributed by atoms with Crippen LogP contribution in [0.3, 0.4) is 0 Å². The first-order valence-corrected chi connectivity index (χ1v) is 7.70. The molecule has 1 aromatic heterocycles. The Balaban J connectivity index is 2.33. The zero-order chi connectivity index (χ0) is 15.9. The van der Waals surface area contributed by atoms with Gasteiger partial charge in [0, 0.05) is 5.56 Å². The molecule has 0 amide bonds. The first-order chi connectivity index (χ1) is 10.5. The summed E-state index contributed by atoms with van der Waals surface area (Å²) >= 11 is 5.14. The van der Waals surface area contributed by atoms with Gasteiger partial charge in [-0.05, 0) is 49.6 Å². The van der Waals surface area contributed by atoms with Crippen LogP contribution in [0.5, 0.6) is 0 Å². The second-order valence-electron chi connectivity index (χ2n) is 5.73. The van der Waals surface area contributed by atoms with Crippen LogP contribution in [0.25, 0.3) is 22.4 Å². The Hall–Kier alpha value is -2.20. The van der Waals surface area contributed by atoms with Gasteiger partial charge in [-0.15, -0.1) is 0 Å². The van der Waals surface area contributed by atoms with Crippen molar-refractivity contribution >= 4 is 28.2 Å². The molecule has 0 spiro atoms. The average Bonchev–Trinajstić information content (AvgIpc) is 2.77. The molecule has 0 saturated heterocycles.